The van der Waals surface area contributed by atoms with Gasteiger partial charge in [-0.2, -0.15) is 0 Å². The lowest BCUT2D eigenvalue weighted by Gasteiger charge is -2.03. The lowest BCUT2D eigenvalue weighted by molar-refractivity contribution is -0.142. The molecule has 0 bridgehead atoms. The van der Waals surface area contributed by atoms with E-state index in [1.165, 1.54) is 11.8 Å². The molecule has 1 aromatic rings. The summed E-state index contributed by atoms with van der Waals surface area (Å²) in [5.41, 5.74) is 0. The van der Waals surface area contributed by atoms with E-state index in [4.69, 9.17) is 17.0 Å². The molecule has 0 aliphatic carbocycles. The lowest BCUT2D eigenvalue weighted by atomic mass is 10.5. The minimum Gasteiger partial charge on any atom is -0.466 e. The maximum absolute atomic E-state index is 11.0. The van der Waals surface area contributed by atoms with Crippen LogP contribution in [0.15, 0.2) is 18.7 Å². The van der Waals surface area contributed by atoms with E-state index in [0.717, 1.165) is 0 Å². The van der Waals surface area contributed by atoms with Crippen molar-refractivity contribution < 1.29 is 9.53 Å². The average Bonchev–Trinajstić information content (AvgIpc) is 2.70. The van der Waals surface area contributed by atoms with Crippen molar-refractivity contribution in [2.75, 3.05) is 12.4 Å². The summed E-state index contributed by atoms with van der Waals surface area (Å²) in [5.74, 6) is 0.453. The van der Waals surface area contributed by atoms with Crippen molar-refractivity contribution in [3.8, 4) is 0 Å². The van der Waals surface area contributed by atoms with E-state index in [1.54, 1.807) is 30.2 Å². The number of esters is 1. The molecule has 0 radical (unpaired) electrons. The molecule has 0 saturated heterocycles. The first-order chi connectivity index (χ1) is 7.24. The Labute approximate surface area is 110 Å². The van der Waals surface area contributed by atoms with Crippen LogP contribution in [0.2, 0.25) is 0 Å². The topological polar surface area (TPSA) is 44.1 Å². The monoisotopic (exact) mass is 280 g/mol. The number of hydrogen-bond acceptors (Lipinski definition) is 5. The predicted octanol–water partition coefficient (Wildman–Crippen LogP) is 2.12. The summed E-state index contributed by atoms with van der Waals surface area (Å²) < 4.78 is 7.23. The molecule has 0 saturated carbocycles. The van der Waals surface area contributed by atoms with Gasteiger partial charge in [-0.1, -0.05) is 24.0 Å². The maximum atomic E-state index is 11.0. The summed E-state index contributed by atoms with van der Waals surface area (Å²) in [6, 6.07) is 0. The summed E-state index contributed by atoms with van der Waals surface area (Å²) >= 11 is 6.57. The number of hydrogen-bond donors (Lipinski definition) is 0. The van der Waals surface area contributed by atoms with Gasteiger partial charge in [0.25, 0.3) is 0 Å². The lowest BCUT2D eigenvalue weighted by Crippen LogP contribution is -2.07. The number of carbonyl (C=O) groups excluding carboxylic acids is 1. The highest BCUT2D eigenvalue weighted by molar-refractivity contribution is 8.23. The number of rotatable bonds is 4. The molecule has 0 aliphatic rings. The molecule has 1 heterocycles. The Hall–Kier alpha value is -0.590. The van der Waals surface area contributed by atoms with Gasteiger partial charge in [0.15, 0.2) is 0 Å². The first-order valence-electron chi connectivity index (χ1n) is 4.54. The Bertz CT molecular complexity index is 330. The van der Waals surface area contributed by atoms with Gasteiger partial charge in [0, 0.05) is 18.1 Å². The highest BCUT2D eigenvalue weighted by atomic mass is 35.5. The Morgan fingerprint density at radius 2 is 2.38 bits per heavy atom. The van der Waals surface area contributed by atoms with E-state index in [1.807, 2.05) is 0 Å². The van der Waals surface area contributed by atoms with E-state index in [2.05, 4.69) is 4.98 Å². The van der Waals surface area contributed by atoms with Crippen LogP contribution in [0.3, 0.4) is 0 Å². The fourth-order valence-electron chi connectivity index (χ4n) is 0.896. The first kappa shape index (κ1) is 15.4. The van der Waals surface area contributed by atoms with E-state index in [0.29, 0.717) is 23.1 Å². The summed E-state index contributed by atoms with van der Waals surface area (Å²) in [4.78, 5) is 14.9. The summed E-state index contributed by atoms with van der Waals surface area (Å²) in [5, 5.41) is 0. The number of aromatic nitrogens is 2. The zero-order valence-electron chi connectivity index (χ0n) is 8.79. The molecule has 0 spiro atoms. The molecule has 0 fully saturated rings. The van der Waals surface area contributed by atoms with Crippen LogP contribution in [-0.2, 0) is 9.53 Å². The van der Waals surface area contributed by atoms with Crippen LogP contribution in [0.25, 0.3) is 0 Å². The largest absolute Gasteiger partial charge is 0.466 e. The number of halogens is 1. The number of ether oxygens (including phenoxy) is 1. The van der Waals surface area contributed by atoms with Crippen molar-refractivity contribution in [3.63, 3.8) is 0 Å². The van der Waals surface area contributed by atoms with Crippen LogP contribution in [0.4, 0.5) is 0 Å². The van der Waals surface area contributed by atoms with Crippen LogP contribution in [0.5, 0.6) is 0 Å². The molecule has 1 aromatic heterocycles. The summed E-state index contributed by atoms with van der Waals surface area (Å²) in [7, 11) is 0. The minimum absolute atomic E-state index is 0. The fraction of sp³-hybridized carbons (Fsp3) is 0.444. The van der Waals surface area contributed by atoms with Crippen molar-refractivity contribution in [1.82, 2.24) is 9.55 Å². The van der Waals surface area contributed by atoms with Crippen LogP contribution in [0.1, 0.15) is 13.3 Å². The molecule has 7 heteroatoms. The van der Waals surface area contributed by atoms with Crippen molar-refractivity contribution in [1.29, 1.82) is 0 Å². The first-order valence-corrected chi connectivity index (χ1v) is 5.94. The Morgan fingerprint density at radius 3 is 2.94 bits per heavy atom. The van der Waals surface area contributed by atoms with Gasteiger partial charge in [0.1, 0.15) is 10.6 Å². The predicted molar refractivity (Wildman–Crippen MR) is 71.2 cm³/mol. The van der Waals surface area contributed by atoms with Gasteiger partial charge in [-0.05, 0) is 6.92 Å². The van der Waals surface area contributed by atoms with E-state index in [9.17, 15) is 4.79 Å². The fourth-order valence-corrected chi connectivity index (χ4v) is 1.95. The number of thioether (sulfide) groups is 1. The number of nitrogens with zero attached hydrogens (tertiary/aromatic N) is 2. The second kappa shape index (κ2) is 8.55. The van der Waals surface area contributed by atoms with E-state index < -0.39 is 0 Å². The van der Waals surface area contributed by atoms with Crippen LogP contribution in [-0.4, -0.2) is 32.2 Å². The molecule has 0 atom stereocenters. The molecule has 0 aromatic carbocycles. The van der Waals surface area contributed by atoms with Crippen LogP contribution >= 0.6 is 36.4 Å². The third kappa shape index (κ3) is 5.48. The molecule has 90 valence electrons. The van der Waals surface area contributed by atoms with Crippen LogP contribution in [0, 0.1) is 0 Å². The molecular formula is C9H13ClN2O2S2. The third-order valence-electron chi connectivity index (χ3n) is 1.55. The van der Waals surface area contributed by atoms with E-state index >= 15 is 0 Å². The number of thiocarbonyl (C=S) groups is 1. The molecule has 1 rings (SSSR count). The van der Waals surface area contributed by atoms with Gasteiger partial charge in [0.2, 0.25) is 0 Å². The molecular weight excluding hydrogens is 268 g/mol. The standard InChI is InChI=1S/C9H12N2O2S2.ClH/c1-2-13-8(12)3-6-15-9(14)11-5-4-10-7-11;/h4-5,7H,2-3,6H2,1H3;1H. The smallest absolute Gasteiger partial charge is 0.306 e. The molecule has 4 nitrogen and oxygen atoms in total. The second-order valence-electron chi connectivity index (χ2n) is 2.64. The van der Waals surface area contributed by atoms with Crippen molar-refractivity contribution >= 4 is 46.7 Å². The number of carbonyl (C=O) groups is 1. The average molecular weight is 281 g/mol. The SMILES string of the molecule is CCOC(=O)CCSC(=S)n1ccnc1.Cl. The highest BCUT2D eigenvalue weighted by Gasteiger charge is 2.04. The third-order valence-corrected chi connectivity index (χ3v) is 2.98. The Balaban J connectivity index is 0.00000225. The molecule has 16 heavy (non-hydrogen) atoms. The zero-order chi connectivity index (χ0) is 11.1. The van der Waals surface area contributed by atoms with Gasteiger partial charge in [-0.25, -0.2) is 4.98 Å². The van der Waals surface area contributed by atoms with Crippen molar-refractivity contribution in [2.24, 2.45) is 0 Å². The Morgan fingerprint density at radius 1 is 1.62 bits per heavy atom. The van der Waals surface area contributed by atoms with Gasteiger partial charge in [0.05, 0.1) is 13.0 Å². The zero-order valence-corrected chi connectivity index (χ0v) is 11.2. The van der Waals surface area contributed by atoms with Crippen LogP contribution < -0.4 is 0 Å². The summed E-state index contributed by atoms with van der Waals surface area (Å²) in [6.45, 7) is 2.22. The normalized spacial score (nSPS) is 9.31. The van der Waals surface area contributed by atoms with Gasteiger partial charge in [-0.15, -0.1) is 12.4 Å². The molecule has 0 unspecified atom stereocenters. The van der Waals surface area contributed by atoms with Gasteiger partial charge in [-0.3, -0.25) is 9.36 Å². The number of imidazole rings is 1. The second-order valence-corrected chi connectivity index (χ2v) is 4.37. The molecule has 0 aliphatic heterocycles. The minimum atomic E-state index is -0.182. The molecule has 0 amide bonds. The van der Waals surface area contributed by atoms with E-state index in [-0.39, 0.29) is 18.4 Å². The summed E-state index contributed by atoms with van der Waals surface area (Å²) in [6.07, 6.45) is 5.46. The Kier molecular flexibility index (Phi) is 8.23. The molecule has 0 N–H and O–H groups in total. The van der Waals surface area contributed by atoms with Gasteiger partial charge < -0.3 is 4.74 Å². The van der Waals surface area contributed by atoms with Crippen molar-refractivity contribution in [2.45, 2.75) is 13.3 Å². The van der Waals surface area contributed by atoms with Gasteiger partial charge >= 0.3 is 5.97 Å². The highest BCUT2D eigenvalue weighted by Crippen LogP contribution is 2.08. The maximum Gasteiger partial charge on any atom is 0.306 e. The quantitative estimate of drug-likeness (QED) is 0.624. The van der Waals surface area contributed by atoms with Crippen molar-refractivity contribution in [3.05, 3.63) is 18.7 Å².